The Labute approximate surface area is 96.3 Å². The van der Waals surface area contributed by atoms with E-state index in [1.54, 1.807) is 0 Å². The fourth-order valence-corrected chi connectivity index (χ4v) is 2.90. The average Bonchev–Trinajstić information content (AvgIpc) is 2.52. The van der Waals surface area contributed by atoms with Crippen LogP contribution >= 0.6 is 11.6 Å². The second-order valence-corrected chi connectivity index (χ2v) is 4.58. The third-order valence-electron chi connectivity index (χ3n) is 2.55. The van der Waals surface area contributed by atoms with Gasteiger partial charge in [0.2, 0.25) is 0 Å². The minimum Gasteiger partial charge on any atom is -0.212 e. The van der Waals surface area contributed by atoms with Crippen LogP contribution in [0.15, 0.2) is 58.3 Å². The van der Waals surface area contributed by atoms with Crippen LogP contribution in [0.5, 0.6) is 0 Å². The van der Waals surface area contributed by atoms with E-state index in [1.165, 1.54) is 0 Å². The molecular weight excluding hydrogens is 188 g/mol. The molecule has 1 aliphatic rings. The lowest BCUT2D eigenvalue weighted by Crippen LogP contribution is -1.98. The van der Waals surface area contributed by atoms with Crippen LogP contribution in [-0.2, 0) is 6.42 Å². The zero-order valence-electron chi connectivity index (χ0n) is 13.7. The van der Waals surface area contributed by atoms with Gasteiger partial charge in [-0.05, 0) is 39.5 Å². The van der Waals surface area contributed by atoms with Gasteiger partial charge in [0.25, 0.3) is 0 Å². The van der Waals surface area contributed by atoms with Crippen molar-refractivity contribution in [1.82, 2.24) is 0 Å². The summed E-state index contributed by atoms with van der Waals surface area (Å²) >= 11 is -2.30. The number of hydrogen-bond donors (Lipinski definition) is 0. The summed E-state index contributed by atoms with van der Waals surface area (Å²) in [5.41, 5.74) is 2.28. The monoisotopic (exact) mass is 210 g/mol. The molecule has 0 amide bonds. The molecule has 1 heterocycles. The fourth-order valence-electron chi connectivity index (χ4n) is 1.82. The molecule has 74 valence electrons. The molecule has 3 rings (SSSR count). The van der Waals surface area contributed by atoms with Crippen molar-refractivity contribution in [1.29, 1.82) is 2.25 Å². The smallest absolute Gasteiger partial charge is 0.0889 e. The lowest BCUT2D eigenvalue weighted by Gasteiger charge is -2.20. The zero-order chi connectivity index (χ0) is 15.2. The number of rotatable bonds is 0. The lowest BCUT2D eigenvalue weighted by molar-refractivity contribution is 1.06. The molecule has 0 unspecified atom stereocenters. The highest BCUT2D eigenvalue weighted by Gasteiger charge is 2.11. The first kappa shape index (κ1) is 5.04. The van der Waals surface area contributed by atoms with E-state index < -0.39 is 11.6 Å². The van der Waals surface area contributed by atoms with Crippen molar-refractivity contribution >= 4 is 11.6 Å². The Morgan fingerprint density at radius 3 is 2.07 bits per heavy atom. The van der Waals surface area contributed by atoms with Crippen LogP contribution in [-0.4, -0.2) is 2.25 Å². The topological polar surface area (TPSA) is 0 Å². The highest BCUT2D eigenvalue weighted by atomic mass is 32.2. The Balaban J connectivity index is 0.000000461. The maximum absolute atomic E-state index is 8.34. The lowest BCUT2D eigenvalue weighted by atomic mass is 10.0. The molecule has 0 atom stereocenters. The molecule has 2 aromatic carbocycles. The van der Waals surface area contributed by atoms with Crippen LogP contribution in [0.3, 0.4) is 0 Å². The van der Waals surface area contributed by atoms with Crippen LogP contribution in [0.4, 0.5) is 0 Å². The third-order valence-corrected chi connectivity index (χ3v) is 3.78. The Morgan fingerprint density at radius 1 is 1.00 bits per heavy atom. The fraction of sp³-hybridized carbons (Fsp3) is 0.0769. The van der Waals surface area contributed by atoms with Gasteiger partial charge in [0.05, 0.1) is 2.25 Å². The van der Waals surface area contributed by atoms with Gasteiger partial charge in [0.15, 0.2) is 0 Å². The minimum absolute atomic E-state index is 0.860. The van der Waals surface area contributed by atoms with Gasteiger partial charge in [-0.3, -0.25) is 0 Å². The van der Waals surface area contributed by atoms with Crippen molar-refractivity contribution in [2.45, 2.75) is 16.2 Å². The Kier molecular flexibility index (Phi) is 1.14. The van der Waals surface area contributed by atoms with Crippen molar-refractivity contribution in [2.24, 2.45) is 0 Å². The van der Waals surface area contributed by atoms with E-state index in [4.69, 9.17) is 8.19 Å². The van der Waals surface area contributed by atoms with Gasteiger partial charge in [-0.15, -0.1) is 0 Å². The van der Waals surface area contributed by atoms with Gasteiger partial charge in [-0.25, -0.2) is 11.6 Å². The minimum atomic E-state index is -2.30. The molecule has 14 heavy (non-hydrogen) atoms. The summed E-state index contributed by atoms with van der Waals surface area (Å²) in [5, 5.41) is 0. The summed E-state index contributed by atoms with van der Waals surface area (Å²) in [5.74, 6) is 0. The number of hydrogen-bond acceptors (Lipinski definition) is 0. The highest BCUT2D eigenvalue weighted by molar-refractivity contribution is 7.99. The van der Waals surface area contributed by atoms with Crippen LogP contribution < -0.4 is 0 Å². The molecule has 1 heteroatoms. The summed E-state index contributed by atoms with van der Waals surface area (Å²) in [6.45, 7) is 0. The first-order chi connectivity index (χ1) is 9.69. The predicted octanol–water partition coefficient (Wildman–Crippen LogP) is 3.70. The number of benzene rings is 2. The molecule has 0 saturated carbocycles. The maximum Gasteiger partial charge on any atom is 0.0889 e. The molecule has 2 aromatic rings. The Morgan fingerprint density at radius 2 is 1.50 bits per heavy atom. The largest absolute Gasteiger partial charge is 0.212 e. The molecule has 0 fully saturated rings. The average molecular weight is 210 g/mol. The van der Waals surface area contributed by atoms with E-state index in [-0.39, 0.29) is 0 Å². The van der Waals surface area contributed by atoms with E-state index in [1.807, 2.05) is 48.5 Å². The molecule has 0 spiro atoms. The molecule has 0 aromatic heterocycles. The summed E-state index contributed by atoms with van der Waals surface area (Å²) in [7, 11) is 0. The summed E-state index contributed by atoms with van der Waals surface area (Å²) in [6.07, 6.45) is 0.860. The summed E-state index contributed by atoms with van der Waals surface area (Å²) in [4.78, 5) is 1.79. The van der Waals surface area contributed by atoms with Gasteiger partial charge in [0.1, 0.15) is 0 Å². The van der Waals surface area contributed by atoms with Gasteiger partial charge in [0, 0.05) is 5.94 Å². The molecular formula is C13H16S. The quantitative estimate of drug-likeness (QED) is 0.622. The van der Waals surface area contributed by atoms with Crippen molar-refractivity contribution in [2.75, 3.05) is 0 Å². The van der Waals surface area contributed by atoms with Gasteiger partial charge in [-0.2, -0.15) is 0 Å². The van der Waals surface area contributed by atoms with Gasteiger partial charge >= 0.3 is 0 Å². The summed E-state index contributed by atoms with van der Waals surface area (Å²) < 4.78 is 36.7. The van der Waals surface area contributed by atoms with Crippen molar-refractivity contribution in [3.8, 4) is 0 Å². The van der Waals surface area contributed by atoms with Crippen LogP contribution in [0.1, 0.15) is 17.1 Å². The van der Waals surface area contributed by atoms with E-state index >= 15 is 0 Å². The molecule has 0 N–H and O–H groups in total. The van der Waals surface area contributed by atoms with Crippen LogP contribution in [0.2, 0.25) is 0 Å². The number of fused-ring (bicyclic) bond motifs is 2. The highest BCUT2D eigenvalue weighted by Crippen LogP contribution is 2.38. The first-order valence-electron chi connectivity index (χ1n) is 7.59. The maximum atomic E-state index is 8.34. The van der Waals surface area contributed by atoms with Crippen LogP contribution in [0.25, 0.3) is 0 Å². The predicted molar refractivity (Wildman–Crippen MR) is 66.8 cm³/mol. The molecule has 0 radical (unpaired) electrons. The summed E-state index contributed by atoms with van der Waals surface area (Å²) in [6, 6.07) is 15.8. The molecule has 1 aliphatic heterocycles. The van der Waals surface area contributed by atoms with Crippen molar-refractivity contribution in [3.05, 3.63) is 59.7 Å². The van der Waals surface area contributed by atoms with E-state index in [9.17, 15) is 0 Å². The molecule has 0 bridgehead atoms. The van der Waals surface area contributed by atoms with Gasteiger partial charge < -0.3 is 0 Å². The second kappa shape index (κ2) is 3.18. The molecule has 0 nitrogen and oxygen atoms in total. The molecule has 0 aliphatic carbocycles. The van der Waals surface area contributed by atoms with E-state index in [0.717, 1.165) is 27.3 Å². The van der Waals surface area contributed by atoms with Crippen molar-refractivity contribution in [3.63, 3.8) is 0 Å². The van der Waals surface area contributed by atoms with Gasteiger partial charge in [-0.1, -0.05) is 36.4 Å². The first-order valence-corrected chi connectivity index (χ1v) is 5.59. The van der Waals surface area contributed by atoms with Crippen LogP contribution in [0, 0.1) is 0 Å². The normalized spacial score (nSPS) is 22.3. The Hall–Kier alpha value is -1.21. The SMILES string of the molecule is [2H]S1([2H])c2ccccc2Cc2ccccc21.[2H][2H].[2H][2H]. The molecule has 0 saturated heterocycles. The van der Waals surface area contributed by atoms with Crippen molar-refractivity contribution < 1.29 is 5.94 Å². The van der Waals surface area contributed by atoms with E-state index in [0.29, 0.717) is 0 Å². The standard InChI is InChI=1S/C13H12S.2H2/c1-3-7-12-10(5-1)9-11-6-2-4-8-13(11)14-12;;/h1-8H,9,14H2;2*1H/i14D2;2*1+1D. The zero-order valence-corrected chi connectivity index (χ0v) is 8.55. The van der Waals surface area contributed by atoms with E-state index in [2.05, 4.69) is 0 Å². The Bertz CT molecular complexity index is 511. The third kappa shape index (κ3) is 1.25. The second-order valence-electron chi connectivity index (χ2n) is 3.49.